The van der Waals surface area contributed by atoms with Gasteiger partial charge < -0.3 is 15.0 Å². The Bertz CT molecular complexity index is 1180. The normalized spacial score (nSPS) is 12.1. The molecule has 5 nitrogen and oxygen atoms in total. The number of nitrogens with one attached hydrogen (secondary N) is 1. The number of carbonyl (C=O) groups excluding carboxylic acids is 2. The molecule has 0 saturated heterocycles. The predicted molar refractivity (Wildman–Crippen MR) is 148 cm³/mol. The van der Waals surface area contributed by atoms with Crippen LogP contribution in [0.4, 0.5) is 0 Å². The molecule has 190 valence electrons. The fraction of sp³-hybridized carbons (Fsp3) is 0.286. The monoisotopic (exact) mass is 590 g/mol. The average Bonchev–Trinajstić information content (AvgIpc) is 2.81. The van der Waals surface area contributed by atoms with Crippen LogP contribution in [-0.2, 0) is 22.6 Å². The van der Waals surface area contributed by atoms with Crippen molar-refractivity contribution in [3.63, 3.8) is 0 Å². The van der Waals surface area contributed by atoms with Crippen molar-refractivity contribution in [3.05, 3.63) is 98.4 Å². The number of hydrogen-bond acceptors (Lipinski definition) is 3. The Hall–Kier alpha value is -2.54. The lowest BCUT2D eigenvalue weighted by Gasteiger charge is -2.33. The van der Waals surface area contributed by atoms with E-state index < -0.39 is 11.6 Å². The van der Waals surface area contributed by atoms with Crippen LogP contribution < -0.4 is 10.1 Å². The highest BCUT2D eigenvalue weighted by Gasteiger charge is 2.32. The molecule has 0 saturated carbocycles. The molecule has 1 N–H and O–H groups in total. The van der Waals surface area contributed by atoms with Crippen LogP contribution in [0.2, 0.25) is 10.0 Å². The zero-order valence-corrected chi connectivity index (χ0v) is 23.5. The highest BCUT2D eigenvalue weighted by atomic mass is 79.9. The molecule has 0 aromatic heterocycles. The summed E-state index contributed by atoms with van der Waals surface area (Å²) in [7, 11) is 0. The number of amides is 2. The Balaban J connectivity index is 1.93. The standard InChI is InChI=1S/C28H29BrCl2N2O3/c1-28(2,3)32-27(35)24(15-19-7-5-4-6-8-19)33(17-20-9-11-21(29)12-10-20)26(34)18-36-25-14-13-22(30)16-23(25)31/h4-14,16,24H,15,17-18H2,1-3H3,(H,32,35)/t24-/m0/s1. The summed E-state index contributed by atoms with van der Waals surface area (Å²) in [6, 6.07) is 21.4. The van der Waals surface area contributed by atoms with Crippen molar-refractivity contribution in [3.8, 4) is 5.75 Å². The van der Waals surface area contributed by atoms with E-state index in [0.29, 0.717) is 22.2 Å². The smallest absolute Gasteiger partial charge is 0.261 e. The molecule has 0 spiro atoms. The summed E-state index contributed by atoms with van der Waals surface area (Å²) in [5.74, 6) is -0.230. The molecule has 3 aromatic rings. The summed E-state index contributed by atoms with van der Waals surface area (Å²) in [4.78, 5) is 28.7. The highest BCUT2D eigenvalue weighted by molar-refractivity contribution is 9.10. The second-order valence-corrected chi connectivity index (χ2v) is 11.2. The molecule has 3 rings (SSSR count). The van der Waals surface area contributed by atoms with E-state index in [1.54, 1.807) is 23.1 Å². The Morgan fingerprint density at radius 2 is 1.64 bits per heavy atom. The van der Waals surface area contributed by atoms with Gasteiger partial charge in [-0.3, -0.25) is 9.59 Å². The van der Waals surface area contributed by atoms with Crippen LogP contribution in [0.3, 0.4) is 0 Å². The number of nitrogens with zero attached hydrogens (tertiary/aromatic N) is 1. The number of hydrogen-bond donors (Lipinski definition) is 1. The van der Waals surface area contributed by atoms with Gasteiger partial charge in [0.25, 0.3) is 5.91 Å². The van der Waals surface area contributed by atoms with Crippen molar-refractivity contribution < 1.29 is 14.3 Å². The summed E-state index contributed by atoms with van der Waals surface area (Å²) in [6.45, 7) is 5.69. The van der Waals surface area contributed by atoms with Crippen LogP contribution >= 0.6 is 39.1 Å². The first-order valence-electron chi connectivity index (χ1n) is 11.5. The molecule has 0 fully saturated rings. The Morgan fingerprint density at radius 1 is 0.972 bits per heavy atom. The highest BCUT2D eigenvalue weighted by Crippen LogP contribution is 2.28. The fourth-order valence-corrected chi connectivity index (χ4v) is 4.34. The molecule has 36 heavy (non-hydrogen) atoms. The summed E-state index contributed by atoms with van der Waals surface area (Å²) in [6.07, 6.45) is 0.354. The van der Waals surface area contributed by atoms with E-state index in [4.69, 9.17) is 27.9 Å². The van der Waals surface area contributed by atoms with Gasteiger partial charge in [0.2, 0.25) is 5.91 Å². The van der Waals surface area contributed by atoms with Gasteiger partial charge in [0, 0.05) is 28.0 Å². The lowest BCUT2D eigenvalue weighted by atomic mass is 10.0. The number of halogens is 3. The Kier molecular flexibility index (Phi) is 9.83. The molecular formula is C28H29BrCl2N2O3. The minimum absolute atomic E-state index is 0.235. The lowest BCUT2D eigenvalue weighted by Crippen LogP contribution is -2.55. The van der Waals surface area contributed by atoms with Crippen LogP contribution in [0, 0.1) is 0 Å². The summed E-state index contributed by atoms with van der Waals surface area (Å²) >= 11 is 15.6. The second-order valence-electron chi connectivity index (χ2n) is 9.46. The van der Waals surface area contributed by atoms with Crippen LogP contribution in [0.15, 0.2) is 77.3 Å². The summed E-state index contributed by atoms with van der Waals surface area (Å²) in [5.41, 5.74) is 1.37. The third-order valence-corrected chi connectivity index (χ3v) is 6.34. The maximum Gasteiger partial charge on any atom is 0.261 e. The minimum atomic E-state index is -0.757. The molecule has 1 atom stereocenters. The number of ether oxygens (including phenoxy) is 1. The maximum absolute atomic E-state index is 13.6. The maximum atomic E-state index is 13.6. The molecule has 0 unspecified atom stereocenters. The van der Waals surface area contributed by atoms with E-state index in [9.17, 15) is 9.59 Å². The molecule has 0 heterocycles. The summed E-state index contributed by atoms with van der Waals surface area (Å²) in [5, 5.41) is 3.82. The van der Waals surface area contributed by atoms with Gasteiger partial charge in [0.05, 0.1) is 5.02 Å². The van der Waals surface area contributed by atoms with E-state index in [1.165, 1.54) is 0 Å². The first-order chi connectivity index (χ1) is 17.0. The molecule has 0 aliphatic rings. The van der Waals surface area contributed by atoms with Gasteiger partial charge in [-0.25, -0.2) is 0 Å². The van der Waals surface area contributed by atoms with Crippen LogP contribution in [0.5, 0.6) is 5.75 Å². The van der Waals surface area contributed by atoms with Crippen molar-refractivity contribution >= 4 is 50.9 Å². The topological polar surface area (TPSA) is 58.6 Å². The predicted octanol–water partition coefficient (Wildman–Crippen LogP) is 6.69. The third kappa shape index (κ3) is 8.54. The van der Waals surface area contributed by atoms with Crippen molar-refractivity contribution in [2.24, 2.45) is 0 Å². The molecule has 0 radical (unpaired) electrons. The first-order valence-corrected chi connectivity index (χ1v) is 13.0. The first kappa shape index (κ1) is 28.0. The van der Waals surface area contributed by atoms with Gasteiger partial charge in [0.15, 0.2) is 6.61 Å². The zero-order valence-electron chi connectivity index (χ0n) is 20.4. The number of benzene rings is 3. The van der Waals surface area contributed by atoms with Crippen molar-refractivity contribution in [1.82, 2.24) is 10.2 Å². The van der Waals surface area contributed by atoms with Crippen molar-refractivity contribution in [1.29, 1.82) is 0 Å². The molecule has 3 aromatic carbocycles. The van der Waals surface area contributed by atoms with E-state index in [0.717, 1.165) is 15.6 Å². The van der Waals surface area contributed by atoms with Gasteiger partial charge >= 0.3 is 0 Å². The van der Waals surface area contributed by atoms with Crippen LogP contribution in [0.25, 0.3) is 0 Å². The van der Waals surface area contributed by atoms with Crippen LogP contribution in [0.1, 0.15) is 31.9 Å². The van der Waals surface area contributed by atoms with E-state index in [1.807, 2.05) is 75.4 Å². The van der Waals surface area contributed by atoms with Gasteiger partial charge in [-0.05, 0) is 62.2 Å². The molecule has 0 bridgehead atoms. The quantitative estimate of drug-likeness (QED) is 0.302. The van der Waals surface area contributed by atoms with Gasteiger partial charge in [0.1, 0.15) is 11.8 Å². The Labute approximate surface area is 230 Å². The zero-order chi connectivity index (χ0) is 26.3. The van der Waals surface area contributed by atoms with E-state index >= 15 is 0 Å². The van der Waals surface area contributed by atoms with Crippen molar-refractivity contribution in [2.45, 2.75) is 45.3 Å². The lowest BCUT2D eigenvalue weighted by molar-refractivity contribution is -0.143. The van der Waals surface area contributed by atoms with Crippen molar-refractivity contribution in [2.75, 3.05) is 6.61 Å². The fourth-order valence-electron chi connectivity index (χ4n) is 3.61. The average molecular weight is 592 g/mol. The van der Waals surface area contributed by atoms with E-state index in [-0.39, 0.29) is 25.0 Å². The SMILES string of the molecule is CC(C)(C)NC(=O)[C@H](Cc1ccccc1)N(Cc1ccc(Br)cc1)C(=O)COc1ccc(Cl)cc1Cl. The third-order valence-electron chi connectivity index (χ3n) is 5.28. The largest absolute Gasteiger partial charge is 0.482 e. The van der Waals surface area contributed by atoms with E-state index in [2.05, 4.69) is 21.2 Å². The van der Waals surface area contributed by atoms with Gasteiger partial charge in [-0.15, -0.1) is 0 Å². The molecule has 8 heteroatoms. The van der Waals surface area contributed by atoms with Gasteiger partial charge in [-0.1, -0.05) is 81.6 Å². The minimum Gasteiger partial charge on any atom is -0.482 e. The molecule has 0 aliphatic heterocycles. The molecular weight excluding hydrogens is 563 g/mol. The summed E-state index contributed by atoms with van der Waals surface area (Å²) < 4.78 is 6.68. The Morgan fingerprint density at radius 3 is 2.25 bits per heavy atom. The van der Waals surface area contributed by atoms with Crippen LogP contribution in [-0.4, -0.2) is 34.9 Å². The number of carbonyl (C=O) groups is 2. The second kappa shape index (κ2) is 12.6. The number of rotatable bonds is 9. The molecule has 2 amide bonds. The van der Waals surface area contributed by atoms with Gasteiger partial charge in [-0.2, -0.15) is 0 Å². The molecule has 0 aliphatic carbocycles.